The van der Waals surface area contributed by atoms with E-state index in [2.05, 4.69) is 41.7 Å². The topological polar surface area (TPSA) is 41.9 Å². The smallest absolute Gasteiger partial charge is 0.171 e. The van der Waals surface area contributed by atoms with Crippen LogP contribution in [0, 0.1) is 0 Å². The van der Waals surface area contributed by atoms with Crippen LogP contribution < -0.4 is 10.6 Å². The first-order chi connectivity index (χ1) is 9.54. The molecule has 0 saturated heterocycles. The normalized spacial score (nSPS) is 10.6. The number of hydrogen-bond acceptors (Lipinski definition) is 2. The van der Waals surface area contributed by atoms with Crippen molar-refractivity contribution >= 4 is 23.0 Å². The lowest BCUT2D eigenvalue weighted by Crippen LogP contribution is -2.28. The zero-order valence-corrected chi connectivity index (χ0v) is 12.9. The van der Waals surface area contributed by atoms with Crippen LogP contribution in [-0.4, -0.2) is 14.9 Å². The van der Waals surface area contributed by atoms with Gasteiger partial charge in [0.15, 0.2) is 5.11 Å². The third kappa shape index (κ3) is 4.06. The van der Waals surface area contributed by atoms with E-state index in [4.69, 9.17) is 12.2 Å². The van der Waals surface area contributed by atoms with Gasteiger partial charge < -0.3 is 10.6 Å². The fourth-order valence-electron chi connectivity index (χ4n) is 1.85. The number of nitrogens with zero attached hydrogens (tertiary/aromatic N) is 2. The number of rotatable bonds is 4. The van der Waals surface area contributed by atoms with Crippen molar-refractivity contribution in [2.24, 2.45) is 7.05 Å². The molecule has 0 amide bonds. The minimum Gasteiger partial charge on any atom is -0.357 e. The Bertz CT molecular complexity index is 572. The second kappa shape index (κ2) is 6.52. The van der Waals surface area contributed by atoms with E-state index in [9.17, 15) is 0 Å². The molecule has 0 bridgehead atoms. The summed E-state index contributed by atoms with van der Waals surface area (Å²) in [4.78, 5) is 0. The fourth-order valence-corrected chi connectivity index (χ4v) is 2.04. The predicted octanol–water partition coefficient (Wildman–Crippen LogP) is 3.03. The van der Waals surface area contributed by atoms with Crippen LogP contribution in [0.15, 0.2) is 36.5 Å². The molecule has 20 heavy (non-hydrogen) atoms. The number of aryl methyl sites for hydroxylation is 1. The van der Waals surface area contributed by atoms with Crippen molar-refractivity contribution in [2.45, 2.75) is 26.3 Å². The van der Waals surface area contributed by atoms with Gasteiger partial charge in [-0.2, -0.15) is 5.10 Å². The Morgan fingerprint density at radius 1 is 1.25 bits per heavy atom. The van der Waals surface area contributed by atoms with Gasteiger partial charge in [-0.3, -0.25) is 4.68 Å². The fraction of sp³-hybridized carbons (Fsp3) is 0.333. The third-order valence-corrected chi connectivity index (χ3v) is 3.28. The van der Waals surface area contributed by atoms with Crippen LogP contribution in [0.2, 0.25) is 0 Å². The van der Waals surface area contributed by atoms with Gasteiger partial charge in [0.2, 0.25) is 0 Å². The Balaban J connectivity index is 1.84. The highest BCUT2D eigenvalue weighted by Gasteiger charge is 2.02. The minimum atomic E-state index is 0.540. The van der Waals surface area contributed by atoms with Crippen molar-refractivity contribution < 1.29 is 0 Å². The van der Waals surface area contributed by atoms with Gasteiger partial charge in [-0.1, -0.05) is 26.0 Å². The highest BCUT2D eigenvalue weighted by molar-refractivity contribution is 7.80. The van der Waals surface area contributed by atoms with Crippen molar-refractivity contribution in [3.8, 4) is 0 Å². The number of anilines is 1. The molecule has 106 valence electrons. The molecule has 0 unspecified atom stereocenters. The predicted molar refractivity (Wildman–Crippen MR) is 86.8 cm³/mol. The first kappa shape index (κ1) is 14.5. The highest BCUT2D eigenvalue weighted by Crippen LogP contribution is 2.16. The molecule has 0 atom stereocenters. The summed E-state index contributed by atoms with van der Waals surface area (Å²) in [6.07, 6.45) is 1.91. The molecule has 1 aromatic carbocycles. The Morgan fingerprint density at radius 3 is 2.50 bits per heavy atom. The Labute approximate surface area is 125 Å². The van der Waals surface area contributed by atoms with Gasteiger partial charge >= 0.3 is 0 Å². The first-order valence-electron chi connectivity index (χ1n) is 6.68. The molecule has 0 fully saturated rings. The van der Waals surface area contributed by atoms with E-state index in [-0.39, 0.29) is 0 Å². The average Bonchev–Trinajstić information content (AvgIpc) is 2.83. The molecule has 2 rings (SSSR count). The van der Waals surface area contributed by atoms with Crippen LogP contribution in [-0.2, 0) is 13.6 Å². The monoisotopic (exact) mass is 288 g/mol. The number of benzene rings is 1. The maximum absolute atomic E-state index is 5.27. The van der Waals surface area contributed by atoms with Gasteiger partial charge in [0, 0.05) is 18.9 Å². The molecule has 4 nitrogen and oxygen atoms in total. The van der Waals surface area contributed by atoms with Gasteiger partial charge in [0.05, 0.1) is 12.2 Å². The molecule has 0 aliphatic heterocycles. The summed E-state index contributed by atoms with van der Waals surface area (Å²) in [6.45, 7) is 4.99. The van der Waals surface area contributed by atoms with Crippen LogP contribution in [0.1, 0.15) is 31.0 Å². The molecular formula is C15H20N4S. The summed E-state index contributed by atoms with van der Waals surface area (Å²) in [5.41, 5.74) is 3.28. The summed E-state index contributed by atoms with van der Waals surface area (Å²) >= 11 is 5.27. The molecule has 0 spiro atoms. The van der Waals surface area contributed by atoms with E-state index < -0.39 is 0 Å². The molecule has 0 aliphatic rings. The number of thiocarbonyl (C=S) groups is 1. The van der Waals surface area contributed by atoms with Gasteiger partial charge in [-0.25, -0.2) is 0 Å². The van der Waals surface area contributed by atoms with Crippen LogP contribution >= 0.6 is 12.2 Å². The lowest BCUT2D eigenvalue weighted by atomic mass is 10.0. The Morgan fingerprint density at radius 2 is 1.95 bits per heavy atom. The summed E-state index contributed by atoms with van der Waals surface area (Å²) in [5.74, 6) is 0.540. The second-order valence-electron chi connectivity index (χ2n) is 5.07. The second-order valence-corrected chi connectivity index (χ2v) is 5.47. The molecule has 0 aliphatic carbocycles. The minimum absolute atomic E-state index is 0.540. The van der Waals surface area contributed by atoms with Crippen LogP contribution in [0.3, 0.4) is 0 Å². The third-order valence-electron chi connectivity index (χ3n) is 3.03. The summed E-state index contributed by atoms with van der Waals surface area (Å²) in [7, 11) is 1.90. The van der Waals surface area contributed by atoms with Crippen molar-refractivity contribution in [3.63, 3.8) is 0 Å². The number of hydrogen-bond donors (Lipinski definition) is 2. The SMILES string of the molecule is CC(C)c1ccc(NC(=S)NCc2ccn(C)n2)cc1. The van der Waals surface area contributed by atoms with E-state index >= 15 is 0 Å². The zero-order valence-electron chi connectivity index (χ0n) is 12.1. The molecule has 2 N–H and O–H groups in total. The standard InChI is InChI=1S/C15H20N4S/c1-11(2)12-4-6-13(7-5-12)17-15(20)16-10-14-8-9-19(3)18-14/h4-9,11H,10H2,1-3H3,(H2,16,17,20). The van der Waals surface area contributed by atoms with Gasteiger partial charge in [-0.05, 0) is 41.9 Å². The van der Waals surface area contributed by atoms with E-state index in [1.54, 1.807) is 4.68 Å². The van der Waals surface area contributed by atoms with Gasteiger partial charge in [0.25, 0.3) is 0 Å². The summed E-state index contributed by atoms with van der Waals surface area (Å²) in [5, 5.41) is 11.2. The number of aromatic nitrogens is 2. The molecule has 0 saturated carbocycles. The quantitative estimate of drug-likeness (QED) is 0.849. The zero-order chi connectivity index (χ0) is 14.5. The maximum atomic E-state index is 5.27. The summed E-state index contributed by atoms with van der Waals surface area (Å²) in [6, 6.07) is 10.3. The van der Waals surface area contributed by atoms with E-state index in [0.29, 0.717) is 17.6 Å². The highest BCUT2D eigenvalue weighted by atomic mass is 32.1. The Hall–Kier alpha value is -1.88. The molecule has 2 aromatic rings. The van der Waals surface area contributed by atoms with Crippen molar-refractivity contribution in [1.29, 1.82) is 0 Å². The number of nitrogens with one attached hydrogen (secondary N) is 2. The maximum Gasteiger partial charge on any atom is 0.171 e. The largest absolute Gasteiger partial charge is 0.357 e. The Kier molecular flexibility index (Phi) is 4.74. The van der Waals surface area contributed by atoms with E-state index in [1.807, 2.05) is 31.4 Å². The van der Waals surface area contributed by atoms with Crippen LogP contribution in [0.25, 0.3) is 0 Å². The lowest BCUT2D eigenvalue weighted by molar-refractivity contribution is 0.731. The van der Waals surface area contributed by atoms with Crippen molar-refractivity contribution in [3.05, 3.63) is 47.8 Å². The van der Waals surface area contributed by atoms with E-state index in [0.717, 1.165) is 11.4 Å². The lowest BCUT2D eigenvalue weighted by Gasteiger charge is -2.11. The van der Waals surface area contributed by atoms with Gasteiger partial charge in [-0.15, -0.1) is 0 Å². The van der Waals surface area contributed by atoms with Crippen LogP contribution in [0.5, 0.6) is 0 Å². The first-order valence-corrected chi connectivity index (χ1v) is 7.09. The van der Waals surface area contributed by atoms with Crippen LogP contribution in [0.4, 0.5) is 5.69 Å². The molecule has 5 heteroatoms. The average molecular weight is 288 g/mol. The molecule has 0 radical (unpaired) electrons. The van der Waals surface area contributed by atoms with E-state index in [1.165, 1.54) is 5.56 Å². The molecule has 1 heterocycles. The van der Waals surface area contributed by atoms with Crippen molar-refractivity contribution in [2.75, 3.05) is 5.32 Å². The molecular weight excluding hydrogens is 268 g/mol. The van der Waals surface area contributed by atoms with Crippen molar-refractivity contribution in [1.82, 2.24) is 15.1 Å². The summed E-state index contributed by atoms with van der Waals surface area (Å²) < 4.78 is 1.78. The van der Waals surface area contributed by atoms with Gasteiger partial charge in [0.1, 0.15) is 0 Å². The molecule has 1 aromatic heterocycles.